The Morgan fingerprint density at radius 2 is 2.00 bits per heavy atom. The third-order valence-electron chi connectivity index (χ3n) is 3.97. The standard InChI is InChI=1S/C19H18ClFN4OS/c1-12(18(26)22-14-8-9-16(21)15(20)11-14)27-19-24-23-17(25(19)2)10-13-6-4-3-5-7-13/h3-9,11-12H,10H2,1-2H3,(H,22,26)/t12-/m1/s1. The van der Waals surface area contributed by atoms with Crippen molar-refractivity contribution >= 4 is 35.0 Å². The molecular weight excluding hydrogens is 387 g/mol. The SMILES string of the molecule is C[C@@H](Sc1nnc(Cc2ccccc2)n1C)C(=O)Nc1ccc(F)c(Cl)c1. The minimum absolute atomic E-state index is 0.0352. The lowest BCUT2D eigenvalue weighted by Gasteiger charge is -2.12. The third kappa shape index (κ3) is 4.87. The predicted molar refractivity (Wildman–Crippen MR) is 106 cm³/mol. The van der Waals surface area contributed by atoms with Crippen LogP contribution in [0.1, 0.15) is 18.3 Å². The zero-order valence-corrected chi connectivity index (χ0v) is 16.4. The summed E-state index contributed by atoms with van der Waals surface area (Å²) in [5.74, 6) is 0.0685. The number of carbonyl (C=O) groups excluding carboxylic acids is 1. The maximum atomic E-state index is 13.2. The number of amides is 1. The number of nitrogens with zero attached hydrogens (tertiary/aromatic N) is 3. The summed E-state index contributed by atoms with van der Waals surface area (Å²) in [5, 5.41) is 11.4. The van der Waals surface area contributed by atoms with Crippen LogP contribution in [-0.4, -0.2) is 25.9 Å². The van der Waals surface area contributed by atoms with E-state index in [4.69, 9.17) is 11.6 Å². The summed E-state index contributed by atoms with van der Waals surface area (Å²) in [4.78, 5) is 12.4. The Bertz CT molecular complexity index is 948. The summed E-state index contributed by atoms with van der Waals surface area (Å²) in [6.45, 7) is 1.77. The van der Waals surface area contributed by atoms with Crippen LogP contribution in [0.2, 0.25) is 5.02 Å². The molecule has 1 N–H and O–H groups in total. The molecule has 1 heterocycles. The molecule has 3 aromatic rings. The van der Waals surface area contributed by atoms with E-state index in [9.17, 15) is 9.18 Å². The highest BCUT2D eigenvalue weighted by Gasteiger charge is 2.19. The van der Waals surface area contributed by atoms with Gasteiger partial charge in [-0.1, -0.05) is 53.7 Å². The van der Waals surface area contributed by atoms with Gasteiger partial charge >= 0.3 is 0 Å². The molecule has 1 atom stereocenters. The molecule has 0 aliphatic rings. The lowest BCUT2D eigenvalue weighted by atomic mass is 10.1. The minimum atomic E-state index is -0.526. The molecule has 0 bridgehead atoms. The number of rotatable bonds is 6. The van der Waals surface area contributed by atoms with E-state index >= 15 is 0 Å². The van der Waals surface area contributed by atoms with Gasteiger partial charge in [0.25, 0.3) is 0 Å². The summed E-state index contributed by atoms with van der Waals surface area (Å²) >= 11 is 7.05. The van der Waals surface area contributed by atoms with Crippen LogP contribution in [0.5, 0.6) is 0 Å². The van der Waals surface area contributed by atoms with Crippen molar-refractivity contribution in [2.45, 2.75) is 23.8 Å². The van der Waals surface area contributed by atoms with Crippen molar-refractivity contribution in [3.63, 3.8) is 0 Å². The molecule has 0 radical (unpaired) electrons. The maximum Gasteiger partial charge on any atom is 0.237 e. The number of carbonyl (C=O) groups is 1. The first-order chi connectivity index (χ1) is 12.9. The number of halogens is 2. The Morgan fingerprint density at radius 3 is 2.70 bits per heavy atom. The van der Waals surface area contributed by atoms with E-state index in [0.717, 1.165) is 11.4 Å². The Hall–Kier alpha value is -2.38. The van der Waals surface area contributed by atoms with Gasteiger partial charge in [0.1, 0.15) is 11.6 Å². The Morgan fingerprint density at radius 1 is 1.26 bits per heavy atom. The van der Waals surface area contributed by atoms with Gasteiger partial charge in [-0.05, 0) is 30.7 Å². The zero-order chi connectivity index (χ0) is 19.4. The van der Waals surface area contributed by atoms with Gasteiger partial charge in [0.2, 0.25) is 5.91 Å². The first kappa shape index (κ1) is 19.4. The van der Waals surface area contributed by atoms with Gasteiger partial charge in [0.15, 0.2) is 5.16 Å². The first-order valence-corrected chi connectivity index (χ1v) is 9.54. The lowest BCUT2D eigenvalue weighted by Crippen LogP contribution is -2.22. The van der Waals surface area contributed by atoms with Gasteiger partial charge in [-0.25, -0.2) is 4.39 Å². The molecule has 0 saturated heterocycles. The Kier molecular flexibility index (Phi) is 6.13. The van der Waals surface area contributed by atoms with Crippen LogP contribution in [0.4, 0.5) is 10.1 Å². The normalized spacial score (nSPS) is 12.0. The molecule has 0 fully saturated rings. The van der Waals surface area contributed by atoms with E-state index < -0.39 is 11.1 Å². The quantitative estimate of drug-likeness (QED) is 0.621. The number of thioether (sulfide) groups is 1. The van der Waals surface area contributed by atoms with E-state index in [1.165, 1.54) is 30.0 Å². The summed E-state index contributed by atoms with van der Waals surface area (Å²) in [7, 11) is 1.88. The molecule has 140 valence electrons. The van der Waals surface area contributed by atoms with Crippen molar-refractivity contribution in [3.05, 3.63) is 70.8 Å². The fraction of sp³-hybridized carbons (Fsp3) is 0.211. The molecule has 8 heteroatoms. The third-order valence-corrected chi connectivity index (χ3v) is 5.39. The van der Waals surface area contributed by atoms with Crippen molar-refractivity contribution in [1.29, 1.82) is 0 Å². The monoisotopic (exact) mass is 404 g/mol. The van der Waals surface area contributed by atoms with Gasteiger partial charge in [-0.3, -0.25) is 4.79 Å². The number of hydrogen-bond donors (Lipinski definition) is 1. The average Bonchev–Trinajstić information content (AvgIpc) is 2.99. The smallest absolute Gasteiger partial charge is 0.237 e. The Labute approximate surface area is 166 Å². The van der Waals surface area contributed by atoms with Gasteiger partial charge in [0.05, 0.1) is 10.3 Å². The van der Waals surface area contributed by atoms with Crippen molar-refractivity contribution in [2.24, 2.45) is 7.05 Å². The molecule has 0 aliphatic heterocycles. The molecule has 0 spiro atoms. The van der Waals surface area contributed by atoms with Crippen LogP contribution in [0, 0.1) is 5.82 Å². The van der Waals surface area contributed by atoms with Crippen LogP contribution in [0.3, 0.4) is 0 Å². The highest BCUT2D eigenvalue weighted by molar-refractivity contribution is 8.00. The molecule has 27 heavy (non-hydrogen) atoms. The molecule has 0 saturated carbocycles. The van der Waals surface area contributed by atoms with Crippen LogP contribution in [-0.2, 0) is 18.3 Å². The Balaban J connectivity index is 1.64. The highest BCUT2D eigenvalue weighted by atomic mass is 35.5. The fourth-order valence-corrected chi connectivity index (χ4v) is 3.42. The minimum Gasteiger partial charge on any atom is -0.325 e. The summed E-state index contributed by atoms with van der Waals surface area (Å²) in [5.41, 5.74) is 1.59. The molecule has 1 amide bonds. The van der Waals surface area contributed by atoms with E-state index in [0.29, 0.717) is 17.3 Å². The van der Waals surface area contributed by atoms with Gasteiger partial charge < -0.3 is 9.88 Å². The number of aromatic nitrogens is 3. The second-order valence-electron chi connectivity index (χ2n) is 6.00. The van der Waals surface area contributed by atoms with Crippen molar-refractivity contribution in [1.82, 2.24) is 14.8 Å². The van der Waals surface area contributed by atoms with E-state index in [1.807, 2.05) is 41.9 Å². The summed E-state index contributed by atoms with van der Waals surface area (Å²) < 4.78 is 15.1. The van der Waals surface area contributed by atoms with Crippen molar-refractivity contribution in [3.8, 4) is 0 Å². The average molecular weight is 405 g/mol. The number of benzene rings is 2. The zero-order valence-electron chi connectivity index (χ0n) is 14.8. The first-order valence-electron chi connectivity index (χ1n) is 8.29. The fourth-order valence-electron chi connectivity index (χ4n) is 2.41. The highest BCUT2D eigenvalue weighted by Crippen LogP contribution is 2.24. The number of hydrogen-bond acceptors (Lipinski definition) is 4. The van der Waals surface area contributed by atoms with Crippen molar-refractivity contribution in [2.75, 3.05) is 5.32 Å². The van der Waals surface area contributed by atoms with Crippen LogP contribution < -0.4 is 5.32 Å². The van der Waals surface area contributed by atoms with E-state index in [2.05, 4.69) is 15.5 Å². The lowest BCUT2D eigenvalue weighted by molar-refractivity contribution is -0.115. The summed E-state index contributed by atoms with van der Waals surface area (Å²) in [6.07, 6.45) is 0.666. The molecular formula is C19H18ClFN4OS. The molecule has 3 rings (SSSR count). The second-order valence-corrected chi connectivity index (χ2v) is 7.71. The van der Waals surface area contributed by atoms with Crippen LogP contribution in [0.15, 0.2) is 53.7 Å². The van der Waals surface area contributed by atoms with E-state index in [-0.39, 0.29) is 10.9 Å². The van der Waals surface area contributed by atoms with E-state index in [1.54, 1.807) is 6.92 Å². The second kappa shape index (κ2) is 8.54. The van der Waals surface area contributed by atoms with Gasteiger partial charge in [-0.15, -0.1) is 10.2 Å². The van der Waals surface area contributed by atoms with Gasteiger partial charge in [-0.2, -0.15) is 0 Å². The number of anilines is 1. The molecule has 5 nitrogen and oxygen atoms in total. The van der Waals surface area contributed by atoms with Gasteiger partial charge in [0, 0.05) is 19.2 Å². The topological polar surface area (TPSA) is 59.8 Å². The summed E-state index contributed by atoms with van der Waals surface area (Å²) in [6, 6.07) is 14.1. The van der Waals surface area contributed by atoms with Crippen LogP contribution >= 0.6 is 23.4 Å². The van der Waals surface area contributed by atoms with Crippen molar-refractivity contribution < 1.29 is 9.18 Å². The maximum absolute atomic E-state index is 13.2. The molecule has 1 aromatic heterocycles. The number of nitrogens with one attached hydrogen (secondary N) is 1. The largest absolute Gasteiger partial charge is 0.325 e. The predicted octanol–water partition coefficient (Wildman–Crippen LogP) is 4.32. The molecule has 0 unspecified atom stereocenters. The molecule has 2 aromatic carbocycles. The molecule has 0 aliphatic carbocycles. The van der Waals surface area contributed by atoms with Crippen LogP contribution in [0.25, 0.3) is 0 Å².